The zero-order valence-electron chi connectivity index (χ0n) is 28.1. The van der Waals surface area contributed by atoms with Gasteiger partial charge in [0.15, 0.2) is 0 Å². The Morgan fingerprint density at radius 3 is 1.71 bits per heavy atom. The van der Waals surface area contributed by atoms with Crippen molar-refractivity contribution >= 4 is 65.3 Å². The monoisotopic (exact) mass is 662 g/mol. The fourth-order valence-corrected chi connectivity index (χ4v) is 8.11. The van der Waals surface area contributed by atoms with Crippen LogP contribution < -0.4 is 0 Å². The molecule has 0 saturated heterocycles. The molecule has 0 radical (unpaired) electrons. The molecule has 0 bridgehead atoms. The van der Waals surface area contributed by atoms with Crippen molar-refractivity contribution in [1.29, 1.82) is 0 Å². The normalized spacial score (nSPS) is 11.8. The maximum absolute atomic E-state index is 5.43. The van der Waals surface area contributed by atoms with Gasteiger partial charge in [0, 0.05) is 38.2 Å². The van der Waals surface area contributed by atoms with Gasteiger partial charge in [-0.05, 0) is 76.5 Å². The van der Waals surface area contributed by atoms with Gasteiger partial charge < -0.3 is 4.57 Å². The second-order valence-electron chi connectivity index (χ2n) is 13.5. The third-order valence-electron chi connectivity index (χ3n) is 10.5. The lowest BCUT2D eigenvalue weighted by Crippen LogP contribution is -2.03. The van der Waals surface area contributed by atoms with Crippen LogP contribution >= 0.6 is 0 Å². The van der Waals surface area contributed by atoms with E-state index in [1.54, 1.807) is 0 Å². The first-order valence-electron chi connectivity index (χ1n) is 17.7. The first kappa shape index (κ1) is 28.8. The number of aromatic nitrogens is 4. The van der Waals surface area contributed by atoms with Crippen LogP contribution in [0.25, 0.3) is 99.3 Å². The van der Waals surface area contributed by atoms with Crippen LogP contribution in [-0.4, -0.2) is 19.1 Å². The van der Waals surface area contributed by atoms with E-state index in [2.05, 4.69) is 191 Å². The first-order valence-corrected chi connectivity index (χ1v) is 17.7. The van der Waals surface area contributed by atoms with Crippen molar-refractivity contribution in [2.24, 2.45) is 0 Å². The van der Waals surface area contributed by atoms with E-state index in [0.29, 0.717) is 5.95 Å². The molecule has 0 aliphatic heterocycles. The minimum atomic E-state index is 0.652. The van der Waals surface area contributed by atoms with E-state index < -0.39 is 0 Å². The van der Waals surface area contributed by atoms with E-state index in [1.165, 1.54) is 43.5 Å². The van der Waals surface area contributed by atoms with Gasteiger partial charge in [-0.15, -0.1) is 0 Å². The molecule has 11 rings (SSSR count). The molecule has 3 heterocycles. The number of para-hydroxylation sites is 3. The summed E-state index contributed by atoms with van der Waals surface area (Å²) in [6.07, 6.45) is 0. The van der Waals surface area contributed by atoms with Gasteiger partial charge >= 0.3 is 0 Å². The summed E-state index contributed by atoms with van der Waals surface area (Å²) in [5.41, 5.74) is 10.9. The topological polar surface area (TPSA) is 35.6 Å². The molecule has 0 amide bonds. The van der Waals surface area contributed by atoms with Crippen molar-refractivity contribution in [3.05, 3.63) is 182 Å². The quantitative estimate of drug-likeness (QED) is 0.188. The molecule has 4 heteroatoms. The second kappa shape index (κ2) is 11.2. The van der Waals surface area contributed by atoms with Gasteiger partial charge in [-0.1, -0.05) is 127 Å². The number of hydrogen-bond donors (Lipinski definition) is 0. The van der Waals surface area contributed by atoms with Gasteiger partial charge in [0.2, 0.25) is 5.95 Å². The SMILES string of the molecule is c1ccc(-c2cccc(-c3nc(-n4c5ccc(-n6c7ccccc7c7ccccc76)cc5c5cc6ccccc6cc54)nc4ccccc34)c2)cc1. The summed E-state index contributed by atoms with van der Waals surface area (Å²) in [6, 6.07) is 64.9. The third-order valence-corrected chi connectivity index (χ3v) is 10.5. The molecule has 52 heavy (non-hydrogen) atoms. The van der Waals surface area contributed by atoms with E-state index in [9.17, 15) is 0 Å². The summed E-state index contributed by atoms with van der Waals surface area (Å²) < 4.78 is 4.64. The number of rotatable bonds is 4. The van der Waals surface area contributed by atoms with Crippen LogP contribution in [0.3, 0.4) is 0 Å². The average molecular weight is 663 g/mol. The highest BCUT2D eigenvalue weighted by Gasteiger charge is 2.20. The van der Waals surface area contributed by atoms with E-state index in [0.717, 1.165) is 49.8 Å². The van der Waals surface area contributed by atoms with Crippen molar-refractivity contribution in [2.45, 2.75) is 0 Å². The maximum atomic E-state index is 5.43. The predicted octanol–water partition coefficient (Wildman–Crippen LogP) is 12.3. The van der Waals surface area contributed by atoms with E-state index in [1.807, 2.05) is 0 Å². The standard InChI is InChI=1S/C48H30N4/c1-2-13-31(14-3-1)32-17-12-18-35(27-32)47-39-21-6-9-22-42(39)49-48(50-47)52-45-26-25-36(30-41(45)40-28-33-15-4-5-16-34(33)29-46(40)52)51-43-23-10-7-19-37(43)38-20-8-11-24-44(38)51/h1-30H. The smallest absolute Gasteiger partial charge is 0.235 e. The molecule has 0 aliphatic rings. The fourth-order valence-electron chi connectivity index (χ4n) is 8.11. The Morgan fingerprint density at radius 1 is 0.327 bits per heavy atom. The molecule has 0 unspecified atom stereocenters. The summed E-state index contributed by atoms with van der Waals surface area (Å²) in [5, 5.41) is 8.23. The second-order valence-corrected chi connectivity index (χ2v) is 13.5. The van der Waals surface area contributed by atoms with Gasteiger partial charge in [0.05, 0.1) is 33.3 Å². The van der Waals surface area contributed by atoms with Gasteiger partial charge in [0.1, 0.15) is 0 Å². The molecule has 11 aromatic rings. The molecule has 0 atom stereocenters. The molecule has 0 saturated carbocycles. The van der Waals surface area contributed by atoms with E-state index in [-0.39, 0.29) is 0 Å². The van der Waals surface area contributed by atoms with Crippen molar-refractivity contribution < 1.29 is 0 Å². The van der Waals surface area contributed by atoms with Gasteiger partial charge in [0.25, 0.3) is 0 Å². The number of fused-ring (bicyclic) bond motifs is 8. The van der Waals surface area contributed by atoms with Crippen LogP contribution in [0, 0.1) is 0 Å². The summed E-state index contributed by atoms with van der Waals surface area (Å²) >= 11 is 0. The molecule has 4 nitrogen and oxygen atoms in total. The fraction of sp³-hybridized carbons (Fsp3) is 0. The van der Waals surface area contributed by atoms with Crippen molar-refractivity contribution in [1.82, 2.24) is 19.1 Å². The van der Waals surface area contributed by atoms with Gasteiger partial charge in [-0.3, -0.25) is 4.57 Å². The Morgan fingerprint density at radius 2 is 0.923 bits per heavy atom. The molecule has 3 aromatic heterocycles. The lowest BCUT2D eigenvalue weighted by atomic mass is 10.00. The van der Waals surface area contributed by atoms with Crippen LogP contribution in [0.15, 0.2) is 182 Å². The molecule has 0 spiro atoms. The highest BCUT2D eigenvalue weighted by molar-refractivity contribution is 6.15. The number of benzene rings is 8. The number of nitrogens with zero attached hydrogens (tertiary/aromatic N) is 4. The Bertz CT molecular complexity index is 3130. The van der Waals surface area contributed by atoms with Crippen LogP contribution in [0.4, 0.5) is 0 Å². The zero-order valence-corrected chi connectivity index (χ0v) is 28.1. The summed E-state index contributed by atoms with van der Waals surface area (Å²) in [7, 11) is 0. The predicted molar refractivity (Wildman–Crippen MR) is 217 cm³/mol. The van der Waals surface area contributed by atoms with E-state index >= 15 is 0 Å². The Hall–Kier alpha value is -7.04. The van der Waals surface area contributed by atoms with Crippen LogP contribution in [0.1, 0.15) is 0 Å². The highest BCUT2D eigenvalue weighted by atomic mass is 15.2. The highest BCUT2D eigenvalue weighted by Crippen LogP contribution is 2.39. The molecule has 0 fully saturated rings. The first-order chi connectivity index (χ1) is 25.8. The summed E-state index contributed by atoms with van der Waals surface area (Å²) in [6.45, 7) is 0. The molecule has 8 aromatic carbocycles. The molecule has 0 N–H and O–H groups in total. The summed E-state index contributed by atoms with van der Waals surface area (Å²) in [4.78, 5) is 10.7. The van der Waals surface area contributed by atoms with Crippen molar-refractivity contribution in [3.8, 4) is 34.0 Å². The Balaban J connectivity index is 1.20. The molecular weight excluding hydrogens is 633 g/mol. The zero-order chi connectivity index (χ0) is 34.2. The van der Waals surface area contributed by atoms with Crippen LogP contribution in [-0.2, 0) is 0 Å². The lowest BCUT2D eigenvalue weighted by molar-refractivity contribution is 1.01. The van der Waals surface area contributed by atoms with Crippen LogP contribution in [0.5, 0.6) is 0 Å². The minimum absolute atomic E-state index is 0.652. The Labute approximate surface area is 299 Å². The van der Waals surface area contributed by atoms with E-state index in [4.69, 9.17) is 9.97 Å². The maximum Gasteiger partial charge on any atom is 0.235 e. The molecular formula is C48H30N4. The third kappa shape index (κ3) is 4.34. The lowest BCUT2D eigenvalue weighted by Gasteiger charge is -2.13. The van der Waals surface area contributed by atoms with Gasteiger partial charge in [-0.2, -0.15) is 0 Å². The Kier molecular flexibility index (Phi) is 6.22. The summed E-state index contributed by atoms with van der Waals surface area (Å²) in [5.74, 6) is 0.652. The van der Waals surface area contributed by atoms with Crippen molar-refractivity contribution in [2.75, 3.05) is 0 Å². The van der Waals surface area contributed by atoms with Crippen LogP contribution in [0.2, 0.25) is 0 Å². The van der Waals surface area contributed by atoms with Gasteiger partial charge in [-0.25, -0.2) is 9.97 Å². The average Bonchev–Trinajstić information content (AvgIpc) is 3.72. The number of hydrogen-bond acceptors (Lipinski definition) is 2. The minimum Gasteiger partial charge on any atom is -0.309 e. The largest absolute Gasteiger partial charge is 0.309 e. The van der Waals surface area contributed by atoms with Crippen molar-refractivity contribution in [3.63, 3.8) is 0 Å². The molecule has 0 aliphatic carbocycles. The molecule has 242 valence electrons.